The zero-order valence-electron chi connectivity index (χ0n) is 8.90. The minimum atomic E-state index is -0.322. The molecule has 0 atom stereocenters. The van der Waals surface area contributed by atoms with Gasteiger partial charge in [-0.1, -0.05) is 18.2 Å². The predicted molar refractivity (Wildman–Crippen MR) is 59.2 cm³/mol. The molecule has 0 heterocycles. The number of aryl methyl sites for hydroxylation is 1. The molecule has 0 aliphatic carbocycles. The molecule has 83 valence electrons. The highest BCUT2D eigenvalue weighted by Crippen LogP contribution is 2.16. The molecule has 1 aromatic carbocycles. The van der Waals surface area contributed by atoms with Crippen molar-refractivity contribution in [3.8, 4) is 6.07 Å². The number of carbonyl (C=O) groups is 1. The third kappa shape index (κ3) is 3.71. The summed E-state index contributed by atoms with van der Waals surface area (Å²) in [4.78, 5) is 11.2. The van der Waals surface area contributed by atoms with Crippen LogP contribution in [0.4, 0.5) is 5.69 Å². The van der Waals surface area contributed by atoms with Crippen LogP contribution < -0.4 is 5.32 Å². The van der Waals surface area contributed by atoms with Crippen LogP contribution in [-0.2, 0) is 16.3 Å². The van der Waals surface area contributed by atoms with Crippen molar-refractivity contribution in [3.05, 3.63) is 29.8 Å². The Labute approximate surface area is 94.5 Å². The Kier molecular flexibility index (Phi) is 5.03. The van der Waals surface area contributed by atoms with Crippen molar-refractivity contribution in [2.75, 3.05) is 11.9 Å². The quantitative estimate of drug-likeness (QED) is 0.818. The van der Waals surface area contributed by atoms with Gasteiger partial charge in [0.15, 0.2) is 0 Å². The molecule has 1 aromatic rings. The molecule has 4 heteroatoms. The second-order valence-corrected chi connectivity index (χ2v) is 3.35. The SMILES string of the molecule is N#CCC(=O)Nc1ccccc1CCC[O]. The first-order valence-electron chi connectivity index (χ1n) is 5.10. The molecule has 0 aromatic heterocycles. The number of carbonyl (C=O) groups excluding carboxylic acids is 1. The average Bonchev–Trinajstić information content (AvgIpc) is 2.28. The summed E-state index contributed by atoms with van der Waals surface area (Å²) in [5, 5.41) is 21.4. The number of anilines is 1. The molecular formula is C12H13N2O2. The highest BCUT2D eigenvalue weighted by Gasteiger charge is 2.05. The fraction of sp³-hybridized carbons (Fsp3) is 0.333. The van der Waals surface area contributed by atoms with E-state index < -0.39 is 0 Å². The molecule has 0 spiro atoms. The molecular weight excluding hydrogens is 204 g/mol. The van der Waals surface area contributed by atoms with Crippen molar-refractivity contribution in [3.63, 3.8) is 0 Å². The van der Waals surface area contributed by atoms with Crippen LogP contribution in [0.5, 0.6) is 0 Å². The molecule has 16 heavy (non-hydrogen) atoms. The summed E-state index contributed by atoms with van der Waals surface area (Å²) < 4.78 is 0. The minimum Gasteiger partial charge on any atom is -0.325 e. The van der Waals surface area contributed by atoms with E-state index in [1.165, 1.54) is 0 Å². The third-order valence-electron chi connectivity index (χ3n) is 2.12. The van der Waals surface area contributed by atoms with Crippen molar-refractivity contribution in [2.24, 2.45) is 0 Å². The Bertz CT molecular complexity index is 396. The van der Waals surface area contributed by atoms with Crippen molar-refractivity contribution < 1.29 is 9.90 Å². The number of hydrogen-bond acceptors (Lipinski definition) is 2. The van der Waals surface area contributed by atoms with Gasteiger partial charge < -0.3 is 5.32 Å². The molecule has 1 amide bonds. The van der Waals surface area contributed by atoms with Crippen molar-refractivity contribution in [2.45, 2.75) is 19.3 Å². The zero-order chi connectivity index (χ0) is 11.8. The highest BCUT2D eigenvalue weighted by atomic mass is 16.2. The van der Waals surface area contributed by atoms with E-state index >= 15 is 0 Å². The number of benzene rings is 1. The van der Waals surface area contributed by atoms with Gasteiger partial charge in [-0.3, -0.25) is 4.79 Å². The van der Waals surface area contributed by atoms with Crippen LogP contribution in [0.25, 0.3) is 0 Å². The standard InChI is InChI=1S/C12H13N2O2/c13-8-7-12(16)14-11-6-2-1-4-10(11)5-3-9-15/h1-2,4,6H,3,5,7,9H2,(H,14,16). The summed E-state index contributed by atoms with van der Waals surface area (Å²) in [6.45, 7) is -0.125. The van der Waals surface area contributed by atoms with Crippen molar-refractivity contribution >= 4 is 11.6 Å². The molecule has 0 bridgehead atoms. The van der Waals surface area contributed by atoms with Gasteiger partial charge in [0, 0.05) is 5.69 Å². The van der Waals surface area contributed by atoms with Crippen LogP contribution in [0.2, 0.25) is 0 Å². The summed E-state index contributed by atoms with van der Waals surface area (Å²) in [6.07, 6.45) is 1.04. The third-order valence-corrected chi connectivity index (χ3v) is 2.12. The average molecular weight is 217 g/mol. The summed E-state index contributed by atoms with van der Waals surface area (Å²) in [6, 6.07) is 9.10. The van der Waals surface area contributed by atoms with Gasteiger partial charge in [0.25, 0.3) is 0 Å². The maximum Gasteiger partial charge on any atom is 0.238 e. The number of para-hydroxylation sites is 1. The van der Waals surface area contributed by atoms with Crippen molar-refractivity contribution in [1.29, 1.82) is 5.26 Å². The molecule has 0 unspecified atom stereocenters. The summed E-state index contributed by atoms with van der Waals surface area (Å²) in [5.41, 5.74) is 1.63. The van der Waals surface area contributed by atoms with E-state index in [9.17, 15) is 9.90 Å². The topological polar surface area (TPSA) is 72.8 Å². The van der Waals surface area contributed by atoms with Crippen LogP contribution in [0.15, 0.2) is 24.3 Å². The van der Waals surface area contributed by atoms with E-state index in [4.69, 9.17) is 5.26 Å². The van der Waals surface area contributed by atoms with E-state index in [0.29, 0.717) is 18.5 Å². The molecule has 0 saturated carbocycles. The van der Waals surface area contributed by atoms with Gasteiger partial charge in [-0.2, -0.15) is 5.26 Å². The molecule has 4 nitrogen and oxygen atoms in total. The summed E-state index contributed by atoms with van der Waals surface area (Å²) in [7, 11) is 0. The van der Waals surface area contributed by atoms with Crippen LogP contribution in [0.3, 0.4) is 0 Å². The molecule has 1 radical (unpaired) electrons. The maximum atomic E-state index is 11.2. The Morgan fingerprint density at radius 2 is 2.12 bits per heavy atom. The molecule has 1 rings (SSSR count). The van der Waals surface area contributed by atoms with Gasteiger partial charge in [-0.05, 0) is 24.5 Å². The van der Waals surface area contributed by atoms with E-state index in [0.717, 1.165) is 5.56 Å². The predicted octanol–water partition coefficient (Wildman–Crippen LogP) is 1.90. The van der Waals surface area contributed by atoms with Gasteiger partial charge in [0.2, 0.25) is 5.91 Å². The number of hydrogen-bond donors (Lipinski definition) is 1. The number of nitrogens with zero attached hydrogens (tertiary/aromatic N) is 1. The van der Waals surface area contributed by atoms with Crippen LogP contribution >= 0.6 is 0 Å². The second kappa shape index (κ2) is 6.59. The normalized spacial score (nSPS) is 9.50. The van der Waals surface area contributed by atoms with Crippen LogP contribution in [-0.4, -0.2) is 12.5 Å². The first-order valence-corrected chi connectivity index (χ1v) is 5.10. The highest BCUT2D eigenvalue weighted by molar-refractivity contribution is 5.92. The fourth-order valence-corrected chi connectivity index (χ4v) is 1.39. The first kappa shape index (κ1) is 12.2. The molecule has 0 aliphatic rings. The monoisotopic (exact) mass is 217 g/mol. The number of amides is 1. The Morgan fingerprint density at radius 3 is 2.81 bits per heavy atom. The molecule has 0 aliphatic heterocycles. The lowest BCUT2D eigenvalue weighted by molar-refractivity contribution is -0.115. The smallest absolute Gasteiger partial charge is 0.238 e. The second-order valence-electron chi connectivity index (χ2n) is 3.35. The molecule has 0 fully saturated rings. The summed E-state index contributed by atoms with van der Waals surface area (Å²) in [5.74, 6) is -0.322. The van der Waals surface area contributed by atoms with Gasteiger partial charge >= 0.3 is 0 Å². The van der Waals surface area contributed by atoms with E-state index in [-0.39, 0.29) is 18.9 Å². The van der Waals surface area contributed by atoms with Crippen LogP contribution in [0, 0.1) is 11.3 Å². The van der Waals surface area contributed by atoms with E-state index in [2.05, 4.69) is 5.32 Å². The minimum absolute atomic E-state index is 0.125. The van der Waals surface area contributed by atoms with Gasteiger partial charge in [0.1, 0.15) is 6.42 Å². The lowest BCUT2D eigenvalue weighted by Gasteiger charge is -2.08. The Morgan fingerprint density at radius 1 is 1.38 bits per heavy atom. The zero-order valence-corrected chi connectivity index (χ0v) is 8.90. The van der Waals surface area contributed by atoms with Gasteiger partial charge in [0.05, 0.1) is 12.7 Å². The molecule has 1 N–H and O–H groups in total. The Balaban J connectivity index is 2.71. The van der Waals surface area contributed by atoms with E-state index in [1.807, 2.05) is 18.2 Å². The number of nitrogens with one attached hydrogen (secondary N) is 1. The largest absolute Gasteiger partial charge is 0.325 e. The van der Waals surface area contributed by atoms with Gasteiger partial charge in [-0.15, -0.1) is 0 Å². The number of rotatable bonds is 5. The lowest BCUT2D eigenvalue weighted by Crippen LogP contribution is -2.11. The summed E-state index contributed by atoms with van der Waals surface area (Å²) >= 11 is 0. The van der Waals surface area contributed by atoms with Crippen molar-refractivity contribution in [1.82, 2.24) is 0 Å². The Hall–Kier alpha value is -1.86. The van der Waals surface area contributed by atoms with E-state index in [1.54, 1.807) is 12.1 Å². The van der Waals surface area contributed by atoms with Crippen LogP contribution in [0.1, 0.15) is 18.4 Å². The van der Waals surface area contributed by atoms with Gasteiger partial charge in [-0.25, -0.2) is 5.11 Å². The first-order chi connectivity index (χ1) is 7.77. The fourth-order valence-electron chi connectivity index (χ4n) is 1.39. The maximum absolute atomic E-state index is 11.2. The molecule has 0 saturated heterocycles. The lowest BCUT2D eigenvalue weighted by atomic mass is 10.1. The number of nitriles is 1.